The van der Waals surface area contributed by atoms with Crippen molar-refractivity contribution in [1.82, 2.24) is 24.5 Å². The molecule has 0 saturated carbocycles. The molecule has 1 aliphatic heterocycles. The van der Waals surface area contributed by atoms with Crippen LogP contribution in [0.25, 0.3) is 5.82 Å². The normalized spacial score (nSPS) is 17.4. The molecule has 0 radical (unpaired) electrons. The van der Waals surface area contributed by atoms with Crippen LogP contribution in [0.4, 0.5) is 5.13 Å². The highest BCUT2D eigenvalue weighted by molar-refractivity contribution is 7.15. The summed E-state index contributed by atoms with van der Waals surface area (Å²) in [6.45, 7) is 2.67. The second kappa shape index (κ2) is 6.92. The second-order valence-corrected chi connectivity index (χ2v) is 8.37. The van der Waals surface area contributed by atoms with Gasteiger partial charge in [0.2, 0.25) is 0 Å². The summed E-state index contributed by atoms with van der Waals surface area (Å²) < 4.78 is 3.27. The zero-order valence-electron chi connectivity index (χ0n) is 15.1. The van der Waals surface area contributed by atoms with Crippen molar-refractivity contribution in [3.63, 3.8) is 0 Å². The van der Waals surface area contributed by atoms with Gasteiger partial charge in [0.25, 0.3) is 5.56 Å². The van der Waals surface area contributed by atoms with E-state index in [-0.39, 0.29) is 5.56 Å². The first kappa shape index (κ1) is 16.7. The van der Waals surface area contributed by atoms with E-state index in [1.165, 1.54) is 28.5 Å². The van der Waals surface area contributed by atoms with Crippen molar-refractivity contribution < 1.29 is 0 Å². The van der Waals surface area contributed by atoms with Gasteiger partial charge in [0.15, 0.2) is 10.9 Å². The lowest BCUT2D eigenvalue weighted by atomic mass is 9.97. The molecule has 7 nitrogen and oxygen atoms in total. The third kappa shape index (κ3) is 3.29. The molecule has 0 aromatic carbocycles. The highest BCUT2D eigenvalue weighted by atomic mass is 32.1. The van der Waals surface area contributed by atoms with E-state index < -0.39 is 0 Å². The Balaban J connectivity index is 1.25. The van der Waals surface area contributed by atoms with E-state index >= 15 is 0 Å². The number of aryl methyl sites for hydroxylation is 2. The van der Waals surface area contributed by atoms with Crippen LogP contribution in [-0.4, -0.2) is 37.6 Å². The number of hydrogen-bond donors (Lipinski definition) is 0. The summed E-state index contributed by atoms with van der Waals surface area (Å²) in [4.78, 5) is 21.0. The van der Waals surface area contributed by atoms with Gasteiger partial charge < -0.3 is 4.90 Å². The Kier molecular flexibility index (Phi) is 4.27. The molecule has 27 heavy (non-hydrogen) atoms. The summed E-state index contributed by atoms with van der Waals surface area (Å²) in [7, 11) is 0. The molecule has 5 rings (SSSR count). The topological polar surface area (TPSA) is 68.8 Å². The molecule has 4 heterocycles. The third-order valence-corrected chi connectivity index (χ3v) is 6.71. The molecule has 0 N–H and O–H groups in total. The van der Waals surface area contributed by atoms with Crippen molar-refractivity contribution in [2.45, 2.75) is 38.6 Å². The lowest BCUT2D eigenvalue weighted by Gasteiger charge is -2.31. The van der Waals surface area contributed by atoms with E-state index in [9.17, 15) is 4.79 Å². The zero-order chi connectivity index (χ0) is 18.2. The van der Waals surface area contributed by atoms with Crippen LogP contribution in [0.2, 0.25) is 0 Å². The smallest absolute Gasteiger partial charge is 0.266 e. The third-order valence-electron chi connectivity index (χ3n) is 5.49. The van der Waals surface area contributed by atoms with Gasteiger partial charge >= 0.3 is 0 Å². The summed E-state index contributed by atoms with van der Waals surface area (Å²) in [6.07, 6.45) is 9.26. The quantitative estimate of drug-likeness (QED) is 0.692. The number of thiazole rings is 1. The van der Waals surface area contributed by atoms with Crippen LogP contribution in [0.15, 0.2) is 35.4 Å². The number of fused-ring (bicyclic) bond motifs is 1. The number of hydrogen-bond acceptors (Lipinski definition) is 6. The van der Waals surface area contributed by atoms with Gasteiger partial charge in [-0.2, -0.15) is 5.10 Å². The fourth-order valence-corrected chi connectivity index (χ4v) is 5.16. The fourth-order valence-electron chi connectivity index (χ4n) is 3.96. The largest absolute Gasteiger partial charge is 0.348 e. The lowest BCUT2D eigenvalue weighted by Crippen LogP contribution is -2.37. The number of piperidine rings is 1. The van der Waals surface area contributed by atoms with Crippen LogP contribution >= 0.6 is 11.3 Å². The molecule has 140 valence electrons. The van der Waals surface area contributed by atoms with Crippen molar-refractivity contribution in [2.24, 2.45) is 5.92 Å². The van der Waals surface area contributed by atoms with Crippen molar-refractivity contribution in [1.29, 1.82) is 0 Å². The molecule has 3 aromatic rings. The molecule has 0 amide bonds. The Morgan fingerprint density at radius 1 is 1.19 bits per heavy atom. The number of nitrogens with zero attached hydrogens (tertiary/aromatic N) is 6. The van der Waals surface area contributed by atoms with Crippen LogP contribution in [-0.2, 0) is 19.4 Å². The summed E-state index contributed by atoms with van der Waals surface area (Å²) in [5.74, 6) is 1.14. The van der Waals surface area contributed by atoms with Crippen molar-refractivity contribution in [2.75, 3.05) is 18.0 Å². The molecule has 1 fully saturated rings. The minimum Gasteiger partial charge on any atom is -0.348 e. The Bertz CT molecular complexity index is 963. The van der Waals surface area contributed by atoms with Gasteiger partial charge in [0.1, 0.15) is 0 Å². The minimum atomic E-state index is -0.0512. The van der Waals surface area contributed by atoms with E-state index in [0.717, 1.165) is 32.4 Å². The van der Waals surface area contributed by atoms with Crippen molar-refractivity contribution >= 4 is 16.5 Å². The Labute approximate surface area is 161 Å². The molecule has 0 atom stereocenters. The van der Waals surface area contributed by atoms with Gasteiger partial charge in [-0.15, -0.1) is 16.4 Å². The van der Waals surface area contributed by atoms with Gasteiger partial charge in [-0.3, -0.25) is 4.79 Å². The number of rotatable bonds is 4. The summed E-state index contributed by atoms with van der Waals surface area (Å²) >= 11 is 1.87. The molecule has 8 heteroatoms. The number of anilines is 1. The lowest BCUT2D eigenvalue weighted by molar-refractivity contribution is 0.334. The maximum Gasteiger partial charge on any atom is 0.266 e. The predicted octanol–water partition coefficient (Wildman–Crippen LogP) is 2.29. The van der Waals surface area contributed by atoms with Crippen LogP contribution < -0.4 is 10.5 Å². The molecular weight excluding hydrogens is 360 g/mol. The van der Waals surface area contributed by atoms with E-state index in [1.54, 1.807) is 27.7 Å². The molecule has 1 aliphatic carbocycles. The summed E-state index contributed by atoms with van der Waals surface area (Å²) in [6, 6.07) is 5.15. The maximum absolute atomic E-state index is 12.2. The van der Waals surface area contributed by atoms with Gasteiger partial charge in [-0.05, 0) is 50.2 Å². The highest BCUT2D eigenvalue weighted by Gasteiger charge is 2.25. The van der Waals surface area contributed by atoms with Crippen LogP contribution in [0, 0.1) is 5.92 Å². The van der Waals surface area contributed by atoms with Gasteiger partial charge in [-0.1, -0.05) is 0 Å². The Hall–Kier alpha value is -2.48. The molecule has 1 saturated heterocycles. The molecule has 0 unspecified atom stereocenters. The zero-order valence-corrected chi connectivity index (χ0v) is 15.9. The first-order chi connectivity index (χ1) is 13.3. The SMILES string of the molecule is O=c1ccc(-n2cccn2)nn1CC1CCN(c2nc3c(s2)CCC3)CC1. The van der Waals surface area contributed by atoms with E-state index in [4.69, 9.17) is 4.98 Å². The molecule has 2 aliphatic rings. The molecule has 0 spiro atoms. The van der Waals surface area contributed by atoms with Crippen LogP contribution in [0.1, 0.15) is 29.8 Å². The second-order valence-electron chi connectivity index (χ2n) is 7.31. The Morgan fingerprint density at radius 3 is 2.85 bits per heavy atom. The van der Waals surface area contributed by atoms with E-state index in [2.05, 4.69) is 15.1 Å². The first-order valence-corrected chi connectivity index (χ1v) is 10.4. The standard InChI is InChI=1S/C19H22N6OS/c26-18-6-5-17(24-10-2-9-20-24)22-25(18)13-14-7-11-23(12-8-14)19-21-15-3-1-4-16(15)27-19/h2,5-6,9-10,14H,1,3-4,7-8,11-13H2. The van der Waals surface area contributed by atoms with Crippen LogP contribution in [0.5, 0.6) is 0 Å². The molecule has 3 aromatic heterocycles. The molecular formula is C19H22N6OS. The van der Waals surface area contributed by atoms with E-state index in [1.807, 2.05) is 23.6 Å². The van der Waals surface area contributed by atoms with Crippen molar-refractivity contribution in [3.05, 3.63) is 51.5 Å². The average molecular weight is 382 g/mol. The van der Waals surface area contributed by atoms with Gasteiger partial charge in [0.05, 0.1) is 5.69 Å². The fraction of sp³-hybridized carbons (Fsp3) is 0.474. The Morgan fingerprint density at radius 2 is 2.07 bits per heavy atom. The number of aromatic nitrogens is 5. The summed E-state index contributed by atoms with van der Waals surface area (Å²) in [5, 5.41) is 9.88. The van der Waals surface area contributed by atoms with Gasteiger partial charge in [-0.25, -0.2) is 14.3 Å². The average Bonchev–Trinajstić information content (AvgIpc) is 3.41. The van der Waals surface area contributed by atoms with Gasteiger partial charge in [0, 0.05) is 43.0 Å². The van der Waals surface area contributed by atoms with E-state index in [0.29, 0.717) is 18.3 Å². The van der Waals surface area contributed by atoms with Crippen molar-refractivity contribution in [3.8, 4) is 5.82 Å². The summed E-state index contributed by atoms with van der Waals surface area (Å²) in [5.41, 5.74) is 1.27. The maximum atomic E-state index is 12.2. The highest BCUT2D eigenvalue weighted by Crippen LogP contribution is 2.34. The van der Waals surface area contributed by atoms with Crippen LogP contribution in [0.3, 0.4) is 0 Å². The predicted molar refractivity (Wildman–Crippen MR) is 105 cm³/mol. The monoisotopic (exact) mass is 382 g/mol. The first-order valence-electron chi connectivity index (χ1n) is 9.58. The minimum absolute atomic E-state index is 0.0512. The molecule has 0 bridgehead atoms.